The summed E-state index contributed by atoms with van der Waals surface area (Å²) in [5.41, 5.74) is 6.81. The SMILES string of the molecule is COc1ccc(NC(=O)Nc2nc(N)n(-c3ccc(S(N)(=O)=O)cc3)n2)cc1. The highest BCUT2D eigenvalue weighted by molar-refractivity contribution is 7.89. The molecule has 0 fully saturated rings. The minimum Gasteiger partial charge on any atom is -0.497 e. The van der Waals surface area contributed by atoms with Crippen molar-refractivity contribution < 1.29 is 17.9 Å². The summed E-state index contributed by atoms with van der Waals surface area (Å²) in [5.74, 6) is 0.634. The van der Waals surface area contributed by atoms with E-state index in [9.17, 15) is 13.2 Å². The number of rotatable bonds is 5. The van der Waals surface area contributed by atoms with E-state index in [0.717, 1.165) is 0 Å². The highest BCUT2D eigenvalue weighted by Gasteiger charge is 2.13. The maximum atomic E-state index is 12.1. The summed E-state index contributed by atoms with van der Waals surface area (Å²) in [6.45, 7) is 0. The topological polar surface area (TPSA) is 167 Å². The average Bonchev–Trinajstić information content (AvgIpc) is 3.01. The van der Waals surface area contributed by atoms with Gasteiger partial charge in [0.2, 0.25) is 16.0 Å². The van der Waals surface area contributed by atoms with E-state index in [0.29, 0.717) is 17.1 Å². The number of anilines is 3. The number of carbonyl (C=O) groups is 1. The molecule has 6 N–H and O–H groups in total. The van der Waals surface area contributed by atoms with Crippen LogP contribution in [0.2, 0.25) is 0 Å². The number of sulfonamides is 1. The number of benzene rings is 2. The number of nitrogens with zero attached hydrogens (tertiary/aromatic N) is 3. The van der Waals surface area contributed by atoms with Gasteiger partial charge in [0.05, 0.1) is 17.7 Å². The minimum absolute atomic E-state index is 0.00287. The molecule has 0 spiro atoms. The number of urea groups is 1. The van der Waals surface area contributed by atoms with E-state index in [1.54, 1.807) is 31.4 Å². The molecule has 11 nitrogen and oxygen atoms in total. The van der Waals surface area contributed by atoms with Crippen LogP contribution >= 0.6 is 0 Å². The summed E-state index contributed by atoms with van der Waals surface area (Å²) >= 11 is 0. The number of nitrogens with one attached hydrogen (secondary N) is 2. The van der Waals surface area contributed by atoms with Crippen molar-refractivity contribution in [2.24, 2.45) is 5.14 Å². The van der Waals surface area contributed by atoms with Crippen molar-refractivity contribution in [3.8, 4) is 11.4 Å². The van der Waals surface area contributed by atoms with Gasteiger partial charge in [-0.15, -0.1) is 5.10 Å². The van der Waals surface area contributed by atoms with Crippen LogP contribution in [0.4, 0.5) is 22.4 Å². The Morgan fingerprint density at radius 1 is 1.07 bits per heavy atom. The van der Waals surface area contributed by atoms with Crippen molar-refractivity contribution in [3.63, 3.8) is 0 Å². The van der Waals surface area contributed by atoms with Crippen LogP contribution in [0.15, 0.2) is 53.4 Å². The summed E-state index contributed by atoms with van der Waals surface area (Å²) in [4.78, 5) is 16.0. The second-order valence-electron chi connectivity index (χ2n) is 5.55. The van der Waals surface area contributed by atoms with Gasteiger partial charge in [-0.1, -0.05) is 0 Å². The maximum Gasteiger partial charge on any atom is 0.326 e. The number of hydrogen-bond acceptors (Lipinski definition) is 7. The number of nitrogens with two attached hydrogens (primary N) is 2. The van der Waals surface area contributed by atoms with Crippen molar-refractivity contribution in [3.05, 3.63) is 48.5 Å². The van der Waals surface area contributed by atoms with Crippen LogP contribution in [0.25, 0.3) is 5.69 Å². The van der Waals surface area contributed by atoms with E-state index < -0.39 is 16.1 Å². The summed E-state index contributed by atoms with van der Waals surface area (Å²) in [6, 6.07) is 11.7. The molecule has 28 heavy (non-hydrogen) atoms. The number of nitrogen functional groups attached to an aromatic ring is 1. The fraction of sp³-hybridized carbons (Fsp3) is 0.0625. The van der Waals surface area contributed by atoms with E-state index in [1.165, 1.54) is 28.9 Å². The van der Waals surface area contributed by atoms with Crippen LogP contribution in [0.1, 0.15) is 0 Å². The van der Waals surface area contributed by atoms with Crippen LogP contribution in [0, 0.1) is 0 Å². The minimum atomic E-state index is -3.81. The molecular formula is C16H17N7O4S. The molecule has 0 aliphatic carbocycles. The molecule has 0 aliphatic heterocycles. The zero-order valence-corrected chi connectivity index (χ0v) is 15.5. The van der Waals surface area contributed by atoms with E-state index >= 15 is 0 Å². The predicted octanol–water partition coefficient (Wildman–Crippen LogP) is 1.15. The van der Waals surface area contributed by atoms with Gasteiger partial charge in [0, 0.05) is 5.69 Å². The number of amides is 2. The Balaban J connectivity index is 1.71. The first-order chi connectivity index (χ1) is 13.3. The highest BCUT2D eigenvalue weighted by Crippen LogP contribution is 2.17. The van der Waals surface area contributed by atoms with Gasteiger partial charge >= 0.3 is 6.03 Å². The Morgan fingerprint density at radius 3 is 2.29 bits per heavy atom. The molecule has 1 heterocycles. The third-order valence-electron chi connectivity index (χ3n) is 3.62. The number of carbonyl (C=O) groups excluding carboxylic acids is 1. The van der Waals surface area contributed by atoms with Crippen molar-refractivity contribution in [2.45, 2.75) is 4.90 Å². The van der Waals surface area contributed by atoms with Gasteiger partial charge in [-0.25, -0.2) is 18.4 Å². The standard InChI is InChI=1S/C16H17N7O4S/c1-27-12-6-2-10(3-7-12)19-16(24)21-15-20-14(17)23(22-15)11-4-8-13(9-5-11)28(18,25)26/h2-9H,1H3,(H2,18,25,26)(H4,17,19,20,21,22,24). The van der Waals surface area contributed by atoms with Crippen LogP contribution in [-0.2, 0) is 10.0 Å². The lowest BCUT2D eigenvalue weighted by atomic mass is 10.3. The van der Waals surface area contributed by atoms with E-state index in [-0.39, 0.29) is 16.8 Å². The van der Waals surface area contributed by atoms with Crippen molar-refractivity contribution >= 4 is 33.6 Å². The third-order valence-corrected chi connectivity index (χ3v) is 4.54. The van der Waals surface area contributed by atoms with Gasteiger partial charge in [0.1, 0.15) is 5.75 Å². The molecule has 2 amide bonds. The first kappa shape index (κ1) is 19.1. The normalized spacial score (nSPS) is 11.1. The lowest BCUT2D eigenvalue weighted by Gasteiger charge is -2.06. The maximum absolute atomic E-state index is 12.1. The second kappa shape index (κ2) is 7.54. The summed E-state index contributed by atoms with van der Waals surface area (Å²) in [6.07, 6.45) is 0. The summed E-state index contributed by atoms with van der Waals surface area (Å²) < 4.78 is 28.9. The molecule has 0 aliphatic rings. The zero-order chi connectivity index (χ0) is 20.3. The van der Waals surface area contributed by atoms with Gasteiger partial charge in [-0.3, -0.25) is 5.32 Å². The number of ether oxygens (including phenoxy) is 1. The summed E-state index contributed by atoms with van der Waals surface area (Å²) in [5, 5.41) is 14.2. The lowest BCUT2D eigenvalue weighted by Crippen LogP contribution is -2.20. The molecule has 1 aromatic heterocycles. The van der Waals surface area contributed by atoms with E-state index in [4.69, 9.17) is 15.6 Å². The van der Waals surface area contributed by atoms with Crippen molar-refractivity contribution in [1.29, 1.82) is 0 Å². The number of aromatic nitrogens is 3. The summed E-state index contributed by atoms with van der Waals surface area (Å²) in [7, 11) is -2.26. The first-order valence-electron chi connectivity index (χ1n) is 7.84. The molecule has 12 heteroatoms. The van der Waals surface area contributed by atoms with Crippen LogP contribution in [0.5, 0.6) is 5.75 Å². The quantitative estimate of drug-likeness (QED) is 0.495. The Bertz CT molecular complexity index is 1090. The van der Waals surface area contributed by atoms with Gasteiger partial charge in [-0.05, 0) is 48.5 Å². The van der Waals surface area contributed by atoms with E-state index in [1.807, 2.05) is 0 Å². The molecule has 3 rings (SSSR count). The number of hydrogen-bond donors (Lipinski definition) is 4. The Hall–Kier alpha value is -3.64. The van der Waals surface area contributed by atoms with E-state index in [2.05, 4.69) is 20.7 Å². The smallest absolute Gasteiger partial charge is 0.326 e. The van der Waals surface area contributed by atoms with Gasteiger partial charge in [-0.2, -0.15) is 9.67 Å². The Kier molecular flexibility index (Phi) is 5.15. The highest BCUT2D eigenvalue weighted by atomic mass is 32.2. The van der Waals surface area contributed by atoms with Crippen LogP contribution < -0.4 is 26.2 Å². The molecule has 3 aromatic rings. The predicted molar refractivity (Wildman–Crippen MR) is 103 cm³/mol. The van der Waals surface area contributed by atoms with Crippen LogP contribution in [0.3, 0.4) is 0 Å². The fourth-order valence-corrected chi connectivity index (χ4v) is 2.80. The fourth-order valence-electron chi connectivity index (χ4n) is 2.28. The zero-order valence-electron chi connectivity index (χ0n) is 14.7. The second-order valence-corrected chi connectivity index (χ2v) is 7.11. The van der Waals surface area contributed by atoms with Gasteiger partial charge in [0.15, 0.2) is 0 Å². The number of primary sulfonamides is 1. The lowest BCUT2D eigenvalue weighted by molar-refractivity contribution is 0.262. The van der Waals surface area contributed by atoms with Gasteiger partial charge in [0.25, 0.3) is 5.95 Å². The van der Waals surface area contributed by atoms with Crippen LogP contribution in [-0.4, -0.2) is 36.3 Å². The average molecular weight is 403 g/mol. The Morgan fingerprint density at radius 2 is 1.71 bits per heavy atom. The monoisotopic (exact) mass is 403 g/mol. The molecule has 0 radical (unpaired) electrons. The molecule has 0 atom stereocenters. The molecule has 0 saturated carbocycles. The van der Waals surface area contributed by atoms with Crippen molar-refractivity contribution in [1.82, 2.24) is 14.8 Å². The molecule has 146 valence electrons. The largest absolute Gasteiger partial charge is 0.497 e. The number of methoxy groups -OCH3 is 1. The molecule has 0 unspecified atom stereocenters. The first-order valence-corrected chi connectivity index (χ1v) is 9.39. The Labute approximate surface area is 160 Å². The van der Waals surface area contributed by atoms with Crippen molar-refractivity contribution in [2.75, 3.05) is 23.5 Å². The van der Waals surface area contributed by atoms with Gasteiger partial charge < -0.3 is 15.8 Å². The molecule has 0 saturated heterocycles. The molecule has 2 aromatic carbocycles. The third kappa shape index (κ3) is 4.36. The molecular weight excluding hydrogens is 386 g/mol. The molecule has 0 bridgehead atoms.